The summed E-state index contributed by atoms with van der Waals surface area (Å²) in [4.78, 5) is 0. The van der Waals surface area contributed by atoms with Gasteiger partial charge in [0, 0.05) is 19.7 Å². The zero-order valence-corrected chi connectivity index (χ0v) is 8.01. The van der Waals surface area contributed by atoms with Crippen LogP contribution in [0.15, 0.2) is 0 Å². The van der Waals surface area contributed by atoms with E-state index in [0.717, 1.165) is 19.6 Å². The van der Waals surface area contributed by atoms with E-state index in [9.17, 15) is 0 Å². The van der Waals surface area contributed by atoms with E-state index in [2.05, 4.69) is 12.2 Å². The molecule has 0 saturated carbocycles. The fourth-order valence-electron chi connectivity index (χ4n) is 1.52. The van der Waals surface area contributed by atoms with E-state index in [1.165, 1.54) is 6.42 Å². The van der Waals surface area contributed by atoms with Crippen LogP contribution in [0.25, 0.3) is 0 Å². The molecule has 0 unspecified atom stereocenters. The summed E-state index contributed by atoms with van der Waals surface area (Å²) >= 11 is 0. The Morgan fingerprint density at radius 3 is 2.83 bits per heavy atom. The van der Waals surface area contributed by atoms with E-state index in [0.29, 0.717) is 18.8 Å². The highest BCUT2D eigenvalue weighted by Gasteiger charge is 2.22. The van der Waals surface area contributed by atoms with Crippen molar-refractivity contribution in [2.45, 2.75) is 31.9 Å². The van der Waals surface area contributed by atoms with Crippen LogP contribution in [0.4, 0.5) is 0 Å². The van der Waals surface area contributed by atoms with Crippen molar-refractivity contribution >= 4 is 0 Å². The van der Waals surface area contributed by atoms with Gasteiger partial charge in [-0.15, -0.1) is 0 Å². The second-order valence-corrected chi connectivity index (χ2v) is 3.23. The summed E-state index contributed by atoms with van der Waals surface area (Å²) in [5, 5.41) is 3.42. The highest BCUT2D eigenvalue weighted by atomic mass is 16.5. The van der Waals surface area contributed by atoms with Gasteiger partial charge in [0.15, 0.2) is 0 Å². The van der Waals surface area contributed by atoms with Crippen molar-refractivity contribution < 1.29 is 9.47 Å². The molecule has 2 atom stereocenters. The van der Waals surface area contributed by atoms with Gasteiger partial charge in [0.2, 0.25) is 0 Å². The molecule has 12 heavy (non-hydrogen) atoms. The second-order valence-electron chi connectivity index (χ2n) is 3.23. The van der Waals surface area contributed by atoms with Crippen LogP contribution in [-0.4, -0.2) is 39.0 Å². The Kier molecular flexibility index (Phi) is 4.58. The minimum absolute atomic E-state index is 0.407. The Hall–Kier alpha value is -0.120. The first kappa shape index (κ1) is 9.96. The van der Waals surface area contributed by atoms with E-state index >= 15 is 0 Å². The lowest BCUT2D eigenvalue weighted by molar-refractivity contribution is 0.0261. The quantitative estimate of drug-likeness (QED) is 0.623. The zero-order chi connectivity index (χ0) is 8.81. The molecule has 1 heterocycles. The van der Waals surface area contributed by atoms with Crippen LogP contribution in [0.1, 0.15) is 19.8 Å². The molecule has 1 N–H and O–H groups in total. The van der Waals surface area contributed by atoms with Gasteiger partial charge in [0.25, 0.3) is 0 Å². The van der Waals surface area contributed by atoms with Crippen molar-refractivity contribution in [2.24, 2.45) is 0 Å². The van der Waals surface area contributed by atoms with Crippen molar-refractivity contribution in [3.63, 3.8) is 0 Å². The molecule has 0 aliphatic carbocycles. The average molecular weight is 173 g/mol. The molecule has 0 amide bonds. The topological polar surface area (TPSA) is 30.5 Å². The van der Waals surface area contributed by atoms with Crippen LogP contribution in [0, 0.1) is 0 Å². The third-order valence-electron chi connectivity index (χ3n) is 2.32. The van der Waals surface area contributed by atoms with E-state index in [4.69, 9.17) is 9.47 Å². The van der Waals surface area contributed by atoms with Crippen LogP contribution in [0.3, 0.4) is 0 Å². The maximum absolute atomic E-state index is 5.59. The van der Waals surface area contributed by atoms with E-state index in [-0.39, 0.29) is 0 Å². The lowest BCUT2D eigenvalue weighted by atomic mass is 10.1. The molecule has 1 saturated heterocycles. The Morgan fingerprint density at radius 1 is 1.42 bits per heavy atom. The molecule has 0 bridgehead atoms. The Balaban J connectivity index is 2.03. The third-order valence-corrected chi connectivity index (χ3v) is 2.32. The van der Waals surface area contributed by atoms with Crippen LogP contribution in [-0.2, 0) is 9.47 Å². The predicted octanol–water partition coefficient (Wildman–Crippen LogP) is 0.790. The lowest BCUT2D eigenvalue weighted by Crippen LogP contribution is -2.21. The molecule has 72 valence electrons. The van der Waals surface area contributed by atoms with Gasteiger partial charge in [-0.05, 0) is 12.8 Å². The number of rotatable bonds is 5. The molecule has 1 fully saturated rings. The van der Waals surface area contributed by atoms with Gasteiger partial charge in [-0.25, -0.2) is 0 Å². The number of methoxy groups -OCH3 is 1. The third kappa shape index (κ3) is 3.09. The van der Waals surface area contributed by atoms with Gasteiger partial charge in [0.05, 0.1) is 19.3 Å². The highest BCUT2D eigenvalue weighted by molar-refractivity contribution is 4.80. The van der Waals surface area contributed by atoms with Crippen molar-refractivity contribution in [3.05, 3.63) is 0 Å². The van der Waals surface area contributed by atoms with Crippen LogP contribution in [0.2, 0.25) is 0 Å². The van der Waals surface area contributed by atoms with E-state index in [1.54, 1.807) is 7.11 Å². The molecular formula is C9H19NO2. The summed E-state index contributed by atoms with van der Waals surface area (Å²) < 4.78 is 10.5. The van der Waals surface area contributed by atoms with E-state index in [1.807, 2.05) is 0 Å². The molecule has 3 heteroatoms. The number of ether oxygens (including phenoxy) is 2. The summed E-state index contributed by atoms with van der Waals surface area (Å²) in [6.45, 7) is 4.63. The first-order chi connectivity index (χ1) is 5.86. The minimum Gasteiger partial charge on any atom is -0.382 e. The number of hydrogen-bond acceptors (Lipinski definition) is 3. The Morgan fingerprint density at radius 2 is 2.25 bits per heavy atom. The Labute approximate surface area is 74.4 Å². The van der Waals surface area contributed by atoms with Crippen molar-refractivity contribution in [1.82, 2.24) is 5.32 Å². The summed E-state index contributed by atoms with van der Waals surface area (Å²) in [5.74, 6) is 0. The van der Waals surface area contributed by atoms with Crippen molar-refractivity contribution in [1.29, 1.82) is 0 Å². The van der Waals surface area contributed by atoms with Crippen LogP contribution in [0.5, 0.6) is 0 Å². The van der Waals surface area contributed by atoms with Crippen LogP contribution >= 0.6 is 0 Å². The normalized spacial score (nSPS) is 29.5. The molecule has 1 rings (SSSR count). The lowest BCUT2D eigenvalue weighted by Gasteiger charge is -2.09. The van der Waals surface area contributed by atoms with Crippen molar-refractivity contribution in [3.8, 4) is 0 Å². The number of nitrogens with one attached hydrogen (secondary N) is 1. The fraction of sp³-hybridized carbons (Fsp3) is 1.00. The van der Waals surface area contributed by atoms with Gasteiger partial charge in [-0.2, -0.15) is 0 Å². The molecule has 1 aliphatic heterocycles. The largest absolute Gasteiger partial charge is 0.382 e. The molecule has 1 aliphatic rings. The maximum Gasteiger partial charge on any atom is 0.0715 e. The summed E-state index contributed by atoms with van der Waals surface area (Å²) in [5.41, 5.74) is 0. The van der Waals surface area contributed by atoms with Gasteiger partial charge >= 0.3 is 0 Å². The first-order valence-corrected chi connectivity index (χ1v) is 4.70. The summed E-state index contributed by atoms with van der Waals surface area (Å²) in [6, 6.07) is 0.664. The predicted molar refractivity (Wildman–Crippen MR) is 48.3 cm³/mol. The molecule has 0 aromatic rings. The molecule has 0 aromatic heterocycles. The molecular weight excluding hydrogens is 154 g/mol. The Bertz CT molecular complexity index is 119. The molecule has 0 aromatic carbocycles. The monoisotopic (exact) mass is 173 g/mol. The van der Waals surface area contributed by atoms with Crippen LogP contribution < -0.4 is 5.32 Å². The maximum atomic E-state index is 5.59. The minimum atomic E-state index is 0.407. The van der Waals surface area contributed by atoms with Gasteiger partial charge < -0.3 is 14.8 Å². The average Bonchev–Trinajstić information content (AvgIpc) is 2.53. The van der Waals surface area contributed by atoms with Gasteiger partial charge in [-0.1, -0.05) is 6.92 Å². The smallest absolute Gasteiger partial charge is 0.0715 e. The standard InChI is InChI=1S/C9H19NO2/c1-3-8-6-9(7-10-8)12-5-4-11-2/h8-10H,3-7H2,1-2H3/t8-,9-/m1/s1. The number of hydrogen-bond donors (Lipinski definition) is 1. The summed E-state index contributed by atoms with van der Waals surface area (Å²) in [7, 11) is 1.70. The molecule has 0 radical (unpaired) electrons. The van der Waals surface area contributed by atoms with Crippen molar-refractivity contribution in [2.75, 3.05) is 26.9 Å². The fourth-order valence-corrected chi connectivity index (χ4v) is 1.52. The molecule has 3 nitrogen and oxygen atoms in total. The first-order valence-electron chi connectivity index (χ1n) is 4.70. The SMILES string of the molecule is CC[C@@H]1C[C@@H](OCCOC)CN1. The zero-order valence-electron chi connectivity index (χ0n) is 8.01. The summed E-state index contributed by atoms with van der Waals surface area (Å²) in [6.07, 6.45) is 2.76. The molecule has 0 spiro atoms. The van der Waals surface area contributed by atoms with Gasteiger partial charge in [0.1, 0.15) is 0 Å². The highest BCUT2D eigenvalue weighted by Crippen LogP contribution is 2.12. The second kappa shape index (κ2) is 5.51. The van der Waals surface area contributed by atoms with E-state index < -0.39 is 0 Å². The van der Waals surface area contributed by atoms with Gasteiger partial charge in [-0.3, -0.25) is 0 Å².